The van der Waals surface area contributed by atoms with Crippen molar-refractivity contribution >= 4 is 32.3 Å². The van der Waals surface area contributed by atoms with E-state index in [-0.39, 0.29) is 5.41 Å². The van der Waals surface area contributed by atoms with Crippen molar-refractivity contribution in [1.29, 1.82) is 0 Å². The van der Waals surface area contributed by atoms with Crippen LogP contribution in [0.3, 0.4) is 0 Å². The number of ether oxygens (including phenoxy) is 1. The molecule has 1 saturated carbocycles. The topological polar surface area (TPSA) is 48.1 Å². The predicted molar refractivity (Wildman–Crippen MR) is 114 cm³/mol. The number of thiophene rings is 1. The van der Waals surface area contributed by atoms with Crippen LogP contribution in [0, 0.1) is 0 Å². The van der Waals surface area contributed by atoms with E-state index in [1.807, 2.05) is 18.3 Å². The molecule has 2 aromatic heterocycles. The van der Waals surface area contributed by atoms with Gasteiger partial charge < -0.3 is 10.5 Å². The van der Waals surface area contributed by atoms with E-state index in [1.54, 1.807) is 18.4 Å². The molecule has 1 aliphatic carbocycles. The van der Waals surface area contributed by atoms with Crippen LogP contribution in [0.5, 0.6) is 5.75 Å². The highest BCUT2D eigenvalue weighted by Gasteiger charge is 2.37. The van der Waals surface area contributed by atoms with Gasteiger partial charge in [-0.1, -0.05) is 30.7 Å². The lowest BCUT2D eigenvalue weighted by Crippen LogP contribution is -2.41. The van der Waals surface area contributed by atoms with E-state index >= 15 is 0 Å². The van der Waals surface area contributed by atoms with Crippen molar-refractivity contribution in [3.8, 4) is 16.9 Å². The fraction of sp³-hybridized carbons (Fsp3) is 0.261. The molecule has 0 atom stereocenters. The van der Waals surface area contributed by atoms with Gasteiger partial charge in [0.25, 0.3) is 0 Å². The maximum atomic E-state index is 6.09. The Hall–Kier alpha value is -2.43. The molecule has 4 aromatic rings. The van der Waals surface area contributed by atoms with Gasteiger partial charge in [-0.2, -0.15) is 0 Å². The highest BCUT2D eigenvalue weighted by molar-refractivity contribution is 7.17. The Bertz CT molecular complexity index is 1120. The van der Waals surface area contributed by atoms with Crippen LogP contribution in [0.2, 0.25) is 0 Å². The zero-order valence-corrected chi connectivity index (χ0v) is 16.2. The first kappa shape index (κ1) is 16.7. The molecule has 1 aliphatic rings. The summed E-state index contributed by atoms with van der Waals surface area (Å²) in [6.45, 7) is 0.726. The number of nitrogens with zero attached hydrogens (tertiary/aromatic N) is 1. The number of hydrogen-bond acceptors (Lipinski definition) is 4. The van der Waals surface area contributed by atoms with Gasteiger partial charge in [0.1, 0.15) is 5.75 Å². The second kappa shape index (κ2) is 6.32. The number of methoxy groups -OCH3 is 1. The largest absolute Gasteiger partial charge is 0.496 e. The molecular weight excluding hydrogens is 352 g/mol. The summed E-state index contributed by atoms with van der Waals surface area (Å²) in [6, 6.07) is 15.2. The molecule has 0 radical (unpaired) electrons. The fourth-order valence-electron chi connectivity index (χ4n) is 4.37. The molecule has 3 nitrogen and oxygen atoms in total. The average Bonchev–Trinajstić information content (AvgIpc) is 3.16. The smallest absolute Gasteiger partial charge is 0.127 e. The summed E-state index contributed by atoms with van der Waals surface area (Å²) in [5.41, 5.74) is 10.9. The van der Waals surface area contributed by atoms with Gasteiger partial charge in [-0.15, -0.1) is 11.3 Å². The van der Waals surface area contributed by atoms with Crippen molar-refractivity contribution in [2.45, 2.75) is 24.7 Å². The number of fused-ring (bicyclic) bond motifs is 3. The molecule has 2 N–H and O–H groups in total. The average molecular weight is 375 g/mol. The Morgan fingerprint density at radius 1 is 1.11 bits per heavy atom. The number of rotatable bonds is 4. The van der Waals surface area contributed by atoms with Crippen LogP contribution in [0.4, 0.5) is 0 Å². The van der Waals surface area contributed by atoms with E-state index in [4.69, 9.17) is 10.5 Å². The Labute approximate surface area is 162 Å². The summed E-state index contributed by atoms with van der Waals surface area (Å²) in [4.78, 5) is 4.67. The molecule has 5 rings (SSSR count). The van der Waals surface area contributed by atoms with Crippen molar-refractivity contribution < 1.29 is 4.74 Å². The number of aromatic nitrogens is 1. The molecule has 1 fully saturated rings. The maximum absolute atomic E-state index is 6.09. The third-order valence-corrected chi connectivity index (χ3v) is 6.99. The number of nitrogens with two attached hydrogens (primary N) is 1. The van der Waals surface area contributed by atoms with Crippen LogP contribution < -0.4 is 10.5 Å². The van der Waals surface area contributed by atoms with E-state index in [9.17, 15) is 0 Å². The van der Waals surface area contributed by atoms with Crippen LogP contribution in [-0.4, -0.2) is 18.6 Å². The van der Waals surface area contributed by atoms with Crippen molar-refractivity contribution in [2.75, 3.05) is 13.7 Å². The molecule has 0 bridgehead atoms. The van der Waals surface area contributed by atoms with Gasteiger partial charge in [-0.3, -0.25) is 4.98 Å². The molecule has 0 aliphatic heterocycles. The standard InChI is InChI=1S/C23H22N2OS/c1-26-19-8-7-18-22(17-9-12-27-20(17)13-25-18)21(19)15-3-5-16(6-4-15)23(14-24)10-2-11-23/h3-9,12-13H,2,10-11,14,24H2,1H3. The highest BCUT2D eigenvalue weighted by atomic mass is 32.1. The minimum atomic E-state index is 0.184. The Morgan fingerprint density at radius 2 is 1.93 bits per heavy atom. The van der Waals surface area contributed by atoms with Crippen molar-refractivity contribution in [2.24, 2.45) is 5.73 Å². The zero-order chi connectivity index (χ0) is 18.4. The van der Waals surface area contributed by atoms with Gasteiger partial charge in [-0.25, -0.2) is 0 Å². The summed E-state index contributed by atoms with van der Waals surface area (Å²) in [7, 11) is 1.73. The normalized spacial score (nSPS) is 15.8. The predicted octanol–water partition coefficient (Wildman–Crippen LogP) is 5.51. The molecule has 0 amide bonds. The molecule has 136 valence electrons. The molecule has 0 spiro atoms. The third kappa shape index (κ3) is 2.47. The van der Waals surface area contributed by atoms with Gasteiger partial charge in [0.15, 0.2) is 0 Å². The second-order valence-electron chi connectivity index (χ2n) is 7.41. The van der Waals surface area contributed by atoms with E-state index < -0.39 is 0 Å². The SMILES string of the molecule is COc1ccc2ncc3sccc3c2c1-c1ccc(C2(CN)CCC2)cc1. The number of benzene rings is 2. The molecule has 4 heteroatoms. The molecule has 2 aromatic carbocycles. The maximum Gasteiger partial charge on any atom is 0.127 e. The quantitative estimate of drug-likeness (QED) is 0.513. The number of hydrogen-bond donors (Lipinski definition) is 1. The molecule has 0 saturated heterocycles. The zero-order valence-electron chi connectivity index (χ0n) is 15.4. The highest BCUT2D eigenvalue weighted by Crippen LogP contribution is 2.45. The first-order valence-corrected chi connectivity index (χ1v) is 10.3. The van der Waals surface area contributed by atoms with Gasteiger partial charge in [0.05, 0.1) is 17.3 Å². The van der Waals surface area contributed by atoms with Crippen LogP contribution in [-0.2, 0) is 5.41 Å². The van der Waals surface area contributed by atoms with Crippen molar-refractivity contribution in [3.63, 3.8) is 0 Å². The summed E-state index contributed by atoms with van der Waals surface area (Å²) in [6.07, 6.45) is 5.63. The van der Waals surface area contributed by atoms with E-state index in [1.165, 1.54) is 34.9 Å². The Balaban J connectivity index is 1.73. The van der Waals surface area contributed by atoms with Gasteiger partial charge in [0.2, 0.25) is 0 Å². The van der Waals surface area contributed by atoms with Gasteiger partial charge in [-0.05, 0) is 47.5 Å². The van der Waals surface area contributed by atoms with Crippen LogP contribution in [0.15, 0.2) is 54.0 Å². The molecule has 0 unspecified atom stereocenters. The summed E-state index contributed by atoms with van der Waals surface area (Å²) >= 11 is 1.72. The molecule has 27 heavy (non-hydrogen) atoms. The van der Waals surface area contributed by atoms with Gasteiger partial charge >= 0.3 is 0 Å². The van der Waals surface area contributed by atoms with Crippen LogP contribution >= 0.6 is 11.3 Å². The van der Waals surface area contributed by atoms with Gasteiger partial charge in [0, 0.05) is 34.5 Å². The lowest BCUT2D eigenvalue weighted by atomic mass is 9.64. The minimum absolute atomic E-state index is 0.184. The van der Waals surface area contributed by atoms with Crippen molar-refractivity contribution in [1.82, 2.24) is 4.98 Å². The fourth-order valence-corrected chi connectivity index (χ4v) is 5.13. The molecular formula is C23H22N2OS. The minimum Gasteiger partial charge on any atom is -0.496 e. The van der Waals surface area contributed by atoms with E-state index in [2.05, 4.69) is 40.7 Å². The first-order chi connectivity index (χ1) is 13.3. The summed E-state index contributed by atoms with van der Waals surface area (Å²) in [5.74, 6) is 0.882. The lowest BCUT2D eigenvalue weighted by Gasteiger charge is -2.41. The van der Waals surface area contributed by atoms with E-state index in [0.717, 1.165) is 34.3 Å². The monoisotopic (exact) mass is 374 g/mol. The number of pyridine rings is 1. The van der Waals surface area contributed by atoms with Crippen molar-refractivity contribution in [3.05, 3.63) is 59.6 Å². The van der Waals surface area contributed by atoms with Crippen LogP contribution in [0.25, 0.3) is 32.1 Å². The lowest BCUT2D eigenvalue weighted by molar-refractivity contribution is 0.253. The Kier molecular flexibility index (Phi) is 3.92. The Morgan fingerprint density at radius 3 is 2.59 bits per heavy atom. The first-order valence-electron chi connectivity index (χ1n) is 9.40. The van der Waals surface area contributed by atoms with E-state index in [0.29, 0.717) is 0 Å². The van der Waals surface area contributed by atoms with Crippen LogP contribution in [0.1, 0.15) is 24.8 Å². The summed E-state index contributed by atoms with van der Waals surface area (Å²) in [5, 5.41) is 4.53. The molecule has 2 heterocycles. The second-order valence-corrected chi connectivity index (χ2v) is 8.36. The third-order valence-electron chi connectivity index (χ3n) is 6.14. The summed E-state index contributed by atoms with van der Waals surface area (Å²) < 4.78 is 6.94.